The topological polar surface area (TPSA) is 146 Å². The lowest BCUT2D eigenvalue weighted by atomic mass is 9.96. The predicted molar refractivity (Wildman–Crippen MR) is 163 cm³/mol. The van der Waals surface area contributed by atoms with Crippen LogP contribution in [0.25, 0.3) is 0 Å². The molecule has 2 aromatic carbocycles. The number of nitrogens with zero attached hydrogens (tertiary/aromatic N) is 1. The van der Waals surface area contributed by atoms with E-state index in [0.717, 1.165) is 16.7 Å². The SMILES string of the molecule is Cc1ccc(C(C)C)c(OP(=O)(C[C@@H](C)C(=O)OCc2ccccc2)OC[C@H]2O[C@@H](n3ccc(=O)[nH]c3=O)C3(CC3)[C@@H]2O)c1. The number of rotatable bonds is 12. The molecule has 0 bridgehead atoms. The summed E-state index contributed by atoms with van der Waals surface area (Å²) in [7, 11) is -4.05. The van der Waals surface area contributed by atoms with Gasteiger partial charge in [0.2, 0.25) is 0 Å². The molecule has 2 aliphatic rings. The van der Waals surface area contributed by atoms with Gasteiger partial charge in [-0.25, -0.2) is 9.36 Å². The third-order valence-electron chi connectivity index (χ3n) is 8.26. The fourth-order valence-corrected chi connectivity index (χ4v) is 7.48. The van der Waals surface area contributed by atoms with E-state index in [9.17, 15) is 24.1 Å². The molecule has 1 saturated heterocycles. The number of hydrogen-bond acceptors (Lipinski definition) is 9. The van der Waals surface area contributed by atoms with Crippen LogP contribution in [-0.2, 0) is 30.0 Å². The van der Waals surface area contributed by atoms with Crippen LogP contribution in [0.1, 0.15) is 62.4 Å². The normalized spacial score (nSPS) is 22.5. The zero-order chi connectivity index (χ0) is 31.6. The second-order valence-corrected chi connectivity index (χ2v) is 14.1. The summed E-state index contributed by atoms with van der Waals surface area (Å²) in [6, 6.07) is 16.1. The molecule has 11 nitrogen and oxygen atoms in total. The van der Waals surface area contributed by atoms with Crippen molar-refractivity contribution in [3.63, 3.8) is 0 Å². The zero-order valence-corrected chi connectivity index (χ0v) is 26.2. The van der Waals surface area contributed by atoms with Crippen LogP contribution in [0.3, 0.4) is 0 Å². The highest BCUT2D eigenvalue weighted by molar-refractivity contribution is 7.54. The van der Waals surface area contributed by atoms with Crippen molar-refractivity contribution in [1.82, 2.24) is 9.55 Å². The Morgan fingerprint density at radius 2 is 1.86 bits per heavy atom. The fourth-order valence-electron chi connectivity index (χ4n) is 5.60. The number of esters is 1. The Hall–Kier alpha value is -3.50. The molecular weight excluding hydrogens is 587 g/mol. The van der Waals surface area contributed by atoms with Crippen LogP contribution in [0.4, 0.5) is 0 Å². The second-order valence-electron chi connectivity index (χ2n) is 12.1. The highest BCUT2D eigenvalue weighted by Crippen LogP contribution is 2.63. The molecule has 1 saturated carbocycles. The number of nitrogens with one attached hydrogen (secondary N) is 1. The summed E-state index contributed by atoms with van der Waals surface area (Å²) in [6.07, 6.45) is -0.557. The van der Waals surface area contributed by atoms with Crippen molar-refractivity contribution in [3.05, 3.63) is 98.3 Å². The number of carbonyl (C=O) groups is 1. The average Bonchev–Trinajstić information content (AvgIpc) is 3.73. The molecule has 5 rings (SSSR count). The molecule has 5 atom stereocenters. The van der Waals surface area contributed by atoms with Gasteiger partial charge in [0.05, 0.1) is 24.8 Å². The molecule has 44 heavy (non-hydrogen) atoms. The van der Waals surface area contributed by atoms with Crippen molar-refractivity contribution in [2.24, 2.45) is 11.3 Å². The van der Waals surface area contributed by atoms with E-state index in [1.165, 1.54) is 16.8 Å². The number of H-pyrrole nitrogens is 1. The van der Waals surface area contributed by atoms with Gasteiger partial charge in [0, 0.05) is 17.7 Å². The number of hydrogen-bond donors (Lipinski definition) is 2. The minimum atomic E-state index is -4.05. The summed E-state index contributed by atoms with van der Waals surface area (Å²) >= 11 is 0. The maximum Gasteiger partial charge on any atom is 0.380 e. The molecule has 2 N–H and O–H groups in total. The van der Waals surface area contributed by atoms with E-state index < -0.39 is 54.6 Å². The number of carbonyl (C=O) groups excluding carboxylic acids is 1. The van der Waals surface area contributed by atoms with Crippen molar-refractivity contribution < 1.29 is 33.0 Å². The van der Waals surface area contributed by atoms with E-state index in [1.54, 1.807) is 13.0 Å². The van der Waals surface area contributed by atoms with Gasteiger partial charge in [-0.15, -0.1) is 0 Å². The standard InChI is InChI=1S/C32H39N2O9P/c1-20(2)24-11-10-21(3)16-25(24)43-44(39,19-22(4)29(37)40-17-23-8-6-5-7-9-23)41-18-26-28(36)32(13-14-32)30(42-26)34-15-12-27(35)33-31(34)38/h5-12,15-16,20,22,26,28,30,36H,13-14,17-19H2,1-4H3,(H,33,35,38)/t22-,26-,28-,30-,44?/m1/s1. The first-order valence-corrected chi connectivity index (χ1v) is 16.5. The van der Waals surface area contributed by atoms with Gasteiger partial charge in [-0.2, -0.15) is 0 Å². The van der Waals surface area contributed by atoms with E-state index in [4.69, 9.17) is 18.5 Å². The third-order valence-corrected chi connectivity index (χ3v) is 10.3. The second kappa shape index (κ2) is 12.9. The molecule has 236 valence electrons. The van der Waals surface area contributed by atoms with Gasteiger partial charge < -0.3 is 19.1 Å². The molecule has 12 heteroatoms. The van der Waals surface area contributed by atoms with Crippen LogP contribution < -0.4 is 15.8 Å². The number of aromatic amines is 1. The van der Waals surface area contributed by atoms with Gasteiger partial charge in [-0.1, -0.05) is 63.2 Å². The molecule has 2 heterocycles. The largest absolute Gasteiger partial charge is 0.461 e. The zero-order valence-electron chi connectivity index (χ0n) is 25.3. The van der Waals surface area contributed by atoms with Crippen LogP contribution in [-0.4, -0.2) is 45.6 Å². The molecule has 1 aromatic heterocycles. The highest BCUT2D eigenvalue weighted by atomic mass is 31.2. The van der Waals surface area contributed by atoms with Gasteiger partial charge in [0.15, 0.2) is 0 Å². The monoisotopic (exact) mass is 626 g/mol. The quantitative estimate of drug-likeness (QED) is 0.216. The summed E-state index contributed by atoms with van der Waals surface area (Å²) in [5, 5.41) is 11.2. The molecule has 1 spiro atoms. The van der Waals surface area contributed by atoms with Crippen LogP contribution in [0.5, 0.6) is 5.75 Å². The van der Waals surface area contributed by atoms with Gasteiger partial charge >= 0.3 is 19.3 Å². The summed E-state index contributed by atoms with van der Waals surface area (Å²) in [4.78, 5) is 39.3. The fraction of sp³-hybridized carbons (Fsp3) is 0.469. The summed E-state index contributed by atoms with van der Waals surface area (Å²) in [5.41, 5.74) is 0.608. The first kappa shape index (κ1) is 31.9. The summed E-state index contributed by atoms with van der Waals surface area (Å²) in [6.45, 7) is 7.23. The van der Waals surface area contributed by atoms with Crippen LogP contribution in [0.2, 0.25) is 0 Å². The van der Waals surface area contributed by atoms with Gasteiger partial charge in [-0.3, -0.25) is 23.7 Å². The highest BCUT2D eigenvalue weighted by Gasteiger charge is 2.64. The number of aromatic nitrogens is 2. The maximum atomic E-state index is 14.5. The minimum Gasteiger partial charge on any atom is -0.461 e. The van der Waals surface area contributed by atoms with Crippen LogP contribution in [0, 0.1) is 18.3 Å². The van der Waals surface area contributed by atoms with Gasteiger partial charge in [0.1, 0.15) is 24.7 Å². The first-order valence-electron chi connectivity index (χ1n) is 14.8. The Balaban J connectivity index is 1.36. The lowest BCUT2D eigenvalue weighted by Crippen LogP contribution is -2.35. The van der Waals surface area contributed by atoms with E-state index in [0.29, 0.717) is 18.6 Å². The third kappa shape index (κ3) is 6.91. The summed E-state index contributed by atoms with van der Waals surface area (Å²) < 4.78 is 39.5. The van der Waals surface area contributed by atoms with Gasteiger partial charge in [0.25, 0.3) is 5.56 Å². The van der Waals surface area contributed by atoms with E-state index >= 15 is 0 Å². The van der Waals surface area contributed by atoms with Crippen molar-refractivity contribution in [1.29, 1.82) is 0 Å². The number of aliphatic hydroxyl groups excluding tert-OH is 1. The molecule has 2 fully saturated rings. The summed E-state index contributed by atoms with van der Waals surface area (Å²) in [5.74, 6) is -0.953. The van der Waals surface area contributed by atoms with E-state index in [-0.39, 0.29) is 25.3 Å². The smallest absolute Gasteiger partial charge is 0.380 e. The first-order chi connectivity index (χ1) is 20.9. The molecule has 0 radical (unpaired) electrons. The molecule has 1 aliphatic heterocycles. The van der Waals surface area contributed by atoms with Crippen LogP contribution in [0.15, 0.2) is 70.4 Å². The number of ether oxygens (including phenoxy) is 2. The van der Waals surface area contributed by atoms with Crippen molar-refractivity contribution in [3.8, 4) is 5.75 Å². The Morgan fingerprint density at radius 1 is 1.14 bits per heavy atom. The lowest BCUT2D eigenvalue weighted by Gasteiger charge is -2.26. The minimum absolute atomic E-state index is 0.0541. The maximum absolute atomic E-state index is 14.5. The molecule has 1 unspecified atom stereocenters. The Bertz CT molecular complexity index is 1650. The predicted octanol–water partition coefficient (Wildman–Crippen LogP) is 4.68. The lowest BCUT2D eigenvalue weighted by molar-refractivity contribution is -0.148. The van der Waals surface area contributed by atoms with Crippen molar-refractivity contribution in [2.45, 2.75) is 71.5 Å². The van der Waals surface area contributed by atoms with Crippen molar-refractivity contribution in [2.75, 3.05) is 12.8 Å². The Morgan fingerprint density at radius 3 is 2.52 bits per heavy atom. The molecule has 3 aromatic rings. The number of benzene rings is 2. The number of aliphatic hydroxyl groups is 1. The molecule has 1 aliphatic carbocycles. The number of aryl methyl sites for hydroxylation is 1. The van der Waals surface area contributed by atoms with E-state index in [2.05, 4.69) is 4.98 Å². The molecular formula is C32H39N2O9P. The van der Waals surface area contributed by atoms with E-state index in [1.807, 2.05) is 63.2 Å². The Kier molecular flexibility index (Phi) is 9.32. The average molecular weight is 627 g/mol. The van der Waals surface area contributed by atoms with Crippen molar-refractivity contribution >= 4 is 13.6 Å². The Labute approximate surface area is 255 Å². The molecule has 0 amide bonds. The van der Waals surface area contributed by atoms with Gasteiger partial charge in [-0.05, 0) is 48.4 Å². The van der Waals surface area contributed by atoms with Crippen LogP contribution >= 0.6 is 7.60 Å².